The zero-order chi connectivity index (χ0) is 14.8. The average molecular weight is 303 g/mol. The minimum absolute atomic E-state index is 0.164. The highest BCUT2D eigenvalue weighted by molar-refractivity contribution is 7.91. The van der Waals surface area contributed by atoms with Gasteiger partial charge in [0.05, 0.1) is 11.9 Å². The first kappa shape index (κ1) is 16.2. The van der Waals surface area contributed by atoms with Gasteiger partial charge in [0.1, 0.15) is 9.84 Å². The zero-order valence-corrected chi connectivity index (χ0v) is 13.6. The molecule has 4 unspecified atom stereocenters. The lowest BCUT2D eigenvalue weighted by Crippen LogP contribution is -2.56. The Morgan fingerprint density at radius 3 is 2.60 bits per heavy atom. The second kappa shape index (κ2) is 6.32. The Hall–Kier alpha value is -0.130. The van der Waals surface area contributed by atoms with Crippen molar-refractivity contribution >= 4 is 9.84 Å². The predicted octanol–water partition coefficient (Wildman–Crippen LogP) is 1.87. The molecule has 4 nitrogen and oxygen atoms in total. The molecule has 0 spiro atoms. The van der Waals surface area contributed by atoms with E-state index in [-0.39, 0.29) is 23.4 Å². The van der Waals surface area contributed by atoms with Crippen LogP contribution in [0.5, 0.6) is 0 Å². The lowest BCUT2D eigenvalue weighted by molar-refractivity contribution is 0.0825. The van der Waals surface area contributed by atoms with E-state index < -0.39 is 9.84 Å². The van der Waals surface area contributed by atoms with Gasteiger partial charge in [0.25, 0.3) is 0 Å². The summed E-state index contributed by atoms with van der Waals surface area (Å²) in [5.41, 5.74) is -0.179. The molecule has 20 heavy (non-hydrogen) atoms. The smallest absolute Gasteiger partial charge is 0.150 e. The Bertz CT molecular complexity index is 423. The molecule has 2 fully saturated rings. The third-order valence-electron chi connectivity index (χ3n) is 5.14. The van der Waals surface area contributed by atoms with Crippen LogP contribution in [-0.4, -0.2) is 43.2 Å². The second-order valence-corrected chi connectivity index (χ2v) is 9.43. The van der Waals surface area contributed by atoms with Gasteiger partial charge >= 0.3 is 0 Å². The summed E-state index contributed by atoms with van der Waals surface area (Å²) in [7, 11) is -2.94. The van der Waals surface area contributed by atoms with Gasteiger partial charge in [-0.1, -0.05) is 26.2 Å². The lowest BCUT2D eigenvalue weighted by atomic mass is 9.76. The summed E-state index contributed by atoms with van der Waals surface area (Å²) in [6, 6.07) is 0.237. The SMILES string of the molecule is CC1CCCC(CO)(NC2CCCC(S(C)(=O)=O)C2)C1. The molecule has 0 saturated heterocycles. The van der Waals surface area contributed by atoms with E-state index in [0.29, 0.717) is 12.3 Å². The van der Waals surface area contributed by atoms with E-state index in [1.165, 1.54) is 12.7 Å². The molecule has 2 saturated carbocycles. The summed E-state index contributed by atoms with van der Waals surface area (Å²) in [6.45, 7) is 2.41. The fourth-order valence-corrected chi connectivity index (χ4v) is 5.26. The molecule has 0 aromatic heterocycles. The van der Waals surface area contributed by atoms with Crippen LogP contribution in [0.3, 0.4) is 0 Å². The first-order chi connectivity index (χ1) is 9.35. The summed E-state index contributed by atoms with van der Waals surface area (Å²) in [5, 5.41) is 13.3. The molecule has 2 N–H and O–H groups in total. The van der Waals surface area contributed by atoms with Crippen molar-refractivity contribution in [2.24, 2.45) is 5.92 Å². The summed E-state index contributed by atoms with van der Waals surface area (Å²) in [6.07, 6.45) is 9.24. The maximum Gasteiger partial charge on any atom is 0.150 e. The minimum atomic E-state index is -2.94. The minimum Gasteiger partial charge on any atom is -0.394 e. The van der Waals surface area contributed by atoms with Crippen LogP contribution in [0, 0.1) is 5.92 Å². The van der Waals surface area contributed by atoms with E-state index in [2.05, 4.69) is 12.2 Å². The molecule has 2 aliphatic carbocycles. The van der Waals surface area contributed by atoms with Crippen molar-refractivity contribution in [3.8, 4) is 0 Å². The number of hydrogen-bond acceptors (Lipinski definition) is 4. The van der Waals surface area contributed by atoms with Crippen LogP contribution in [0.2, 0.25) is 0 Å². The normalized spacial score (nSPS) is 39.6. The molecule has 4 atom stereocenters. The fraction of sp³-hybridized carbons (Fsp3) is 1.00. The summed E-state index contributed by atoms with van der Waals surface area (Å²) >= 11 is 0. The number of hydrogen-bond donors (Lipinski definition) is 2. The van der Waals surface area contributed by atoms with Gasteiger partial charge < -0.3 is 10.4 Å². The molecule has 118 valence electrons. The van der Waals surface area contributed by atoms with Gasteiger partial charge in [0.15, 0.2) is 0 Å². The van der Waals surface area contributed by atoms with Crippen molar-refractivity contribution < 1.29 is 13.5 Å². The molecule has 0 radical (unpaired) electrons. The van der Waals surface area contributed by atoms with Crippen LogP contribution in [0.4, 0.5) is 0 Å². The molecule has 0 aromatic rings. The van der Waals surface area contributed by atoms with E-state index in [1.807, 2.05) is 0 Å². The van der Waals surface area contributed by atoms with E-state index in [9.17, 15) is 13.5 Å². The molecular formula is C15H29NO3S. The van der Waals surface area contributed by atoms with Crippen LogP contribution >= 0.6 is 0 Å². The van der Waals surface area contributed by atoms with Gasteiger partial charge in [-0.3, -0.25) is 0 Å². The Morgan fingerprint density at radius 1 is 1.25 bits per heavy atom. The molecule has 0 heterocycles. The van der Waals surface area contributed by atoms with Crippen LogP contribution in [0.15, 0.2) is 0 Å². The van der Waals surface area contributed by atoms with Crippen molar-refractivity contribution in [1.29, 1.82) is 0 Å². The maximum atomic E-state index is 11.7. The topological polar surface area (TPSA) is 66.4 Å². The molecule has 0 aromatic carbocycles. The third-order valence-corrected chi connectivity index (χ3v) is 6.78. The summed E-state index contributed by atoms with van der Waals surface area (Å²) in [4.78, 5) is 0. The van der Waals surface area contributed by atoms with Crippen molar-refractivity contribution in [2.75, 3.05) is 12.9 Å². The third kappa shape index (κ3) is 3.95. The standard InChI is InChI=1S/C15H29NO3S/c1-12-5-4-8-15(10-12,11-17)16-13-6-3-7-14(9-13)20(2,18)19/h12-14,16-17H,3-11H2,1-2H3. The van der Waals surface area contributed by atoms with Crippen molar-refractivity contribution in [2.45, 2.75) is 75.1 Å². The number of nitrogens with one attached hydrogen (secondary N) is 1. The monoisotopic (exact) mass is 303 g/mol. The van der Waals surface area contributed by atoms with Crippen LogP contribution in [0.25, 0.3) is 0 Å². The van der Waals surface area contributed by atoms with E-state index in [0.717, 1.165) is 38.5 Å². The number of aliphatic hydroxyl groups is 1. The quantitative estimate of drug-likeness (QED) is 0.832. The second-order valence-electron chi connectivity index (χ2n) is 7.10. The molecule has 2 aliphatic rings. The molecule has 5 heteroatoms. The number of sulfone groups is 1. The van der Waals surface area contributed by atoms with Gasteiger partial charge in [0.2, 0.25) is 0 Å². The Kier molecular flexibility index (Phi) is 5.14. The lowest BCUT2D eigenvalue weighted by Gasteiger charge is -2.43. The first-order valence-corrected chi connectivity index (χ1v) is 9.87. The zero-order valence-electron chi connectivity index (χ0n) is 12.8. The average Bonchev–Trinajstić information content (AvgIpc) is 2.38. The van der Waals surface area contributed by atoms with E-state index in [4.69, 9.17) is 0 Å². The number of rotatable bonds is 4. The number of aliphatic hydroxyl groups excluding tert-OH is 1. The van der Waals surface area contributed by atoms with E-state index in [1.54, 1.807) is 0 Å². The van der Waals surface area contributed by atoms with Gasteiger partial charge in [-0.2, -0.15) is 0 Å². The molecule has 0 amide bonds. The van der Waals surface area contributed by atoms with E-state index >= 15 is 0 Å². The molecular weight excluding hydrogens is 274 g/mol. The van der Waals surface area contributed by atoms with Crippen LogP contribution in [-0.2, 0) is 9.84 Å². The van der Waals surface area contributed by atoms with Crippen LogP contribution < -0.4 is 5.32 Å². The first-order valence-electron chi connectivity index (χ1n) is 7.92. The van der Waals surface area contributed by atoms with Gasteiger partial charge in [-0.15, -0.1) is 0 Å². The Morgan fingerprint density at radius 2 is 2.00 bits per heavy atom. The molecule has 2 rings (SSSR count). The van der Waals surface area contributed by atoms with Crippen molar-refractivity contribution in [3.05, 3.63) is 0 Å². The largest absolute Gasteiger partial charge is 0.394 e. The van der Waals surface area contributed by atoms with Gasteiger partial charge in [-0.25, -0.2) is 8.42 Å². The van der Waals surface area contributed by atoms with Crippen LogP contribution in [0.1, 0.15) is 58.3 Å². The highest BCUT2D eigenvalue weighted by Gasteiger charge is 2.38. The van der Waals surface area contributed by atoms with Gasteiger partial charge in [-0.05, 0) is 38.0 Å². The summed E-state index contributed by atoms with van der Waals surface area (Å²) in [5.74, 6) is 0.637. The summed E-state index contributed by atoms with van der Waals surface area (Å²) < 4.78 is 23.5. The molecule has 0 aliphatic heterocycles. The molecule has 0 bridgehead atoms. The highest BCUT2D eigenvalue weighted by atomic mass is 32.2. The fourth-order valence-electron chi connectivity index (χ4n) is 4.08. The Labute approximate surface area is 123 Å². The van der Waals surface area contributed by atoms with Gasteiger partial charge in [0, 0.05) is 17.8 Å². The van der Waals surface area contributed by atoms with Crippen molar-refractivity contribution in [1.82, 2.24) is 5.32 Å². The predicted molar refractivity (Wildman–Crippen MR) is 81.5 cm³/mol. The highest BCUT2D eigenvalue weighted by Crippen LogP contribution is 2.34. The maximum absolute atomic E-state index is 11.7. The van der Waals surface area contributed by atoms with Crippen molar-refractivity contribution in [3.63, 3.8) is 0 Å². The Balaban J connectivity index is 2.00.